The van der Waals surface area contributed by atoms with E-state index in [2.05, 4.69) is 47.2 Å². The van der Waals surface area contributed by atoms with Crippen molar-refractivity contribution < 1.29 is 4.79 Å². The highest BCUT2D eigenvalue weighted by atomic mass is 16.1. The van der Waals surface area contributed by atoms with Crippen molar-refractivity contribution in [3.05, 3.63) is 35.5 Å². The van der Waals surface area contributed by atoms with Gasteiger partial charge >= 0.3 is 0 Å². The summed E-state index contributed by atoms with van der Waals surface area (Å²) in [6, 6.07) is 6.35. The molecule has 0 aliphatic carbocycles. The van der Waals surface area contributed by atoms with Crippen LogP contribution in [-0.2, 0) is 4.79 Å². The molecule has 1 unspecified atom stereocenters. The molecule has 0 spiro atoms. The van der Waals surface area contributed by atoms with Crippen molar-refractivity contribution in [2.24, 2.45) is 5.92 Å². The number of fused-ring (bicyclic) bond motifs is 1. The maximum atomic E-state index is 11.8. The highest BCUT2D eigenvalue weighted by Crippen LogP contribution is 2.32. The molecule has 0 bridgehead atoms. The Kier molecular flexibility index (Phi) is 3.53. The fourth-order valence-electron chi connectivity index (χ4n) is 3.12. The van der Waals surface area contributed by atoms with Gasteiger partial charge in [-0.3, -0.25) is 9.78 Å². The van der Waals surface area contributed by atoms with Crippen LogP contribution in [0, 0.1) is 19.8 Å². The number of hydrogen-bond acceptors (Lipinski definition) is 3. The summed E-state index contributed by atoms with van der Waals surface area (Å²) in [5, 5.41) is 3.93. The molecule has 1 fully saturated rings. The number of pyridine rings is 1. The van der Waals surface area contributed by atoms with E-state index in [0.717, 1.165) is 25.0 Å². The zero-order valence-electron chi connectivity index (χ0n) is 12.8. The van der Waals surface area contributed by atoms with Crippen molar-refractivity contribution >= 4 is 22.5 Å². The molecule has 4 nitrogen and oxygen atoms in total. The van der Waals surface area contributed by atoms with Gasteiger partial charge in [0.05, 0.1) is 11.4 Å². The Balaban J connectivity index is 1.99. The second-order valence-electron chi connectivity index (χ2n) is 5.78. The molecule has 2 aromatic rings. The Morgan fingerprint density at radius 1 is 1.33 bits per heavy atom. The van der Waals surface area contributed by atoms with Crippen LogP contribution in [-0.4, -0.2) is 31.0 Å². The van der Waals surface area contributed by atoms with Gasteiger partial charge in [0, 0.05) is 37.4 Å². The Morgan fingerprint density at radius 2 is 2.14 bits per heavy atom. The Bertz CT molecular complexity index is 696. The molecule has 1 aliphatic rings. The van der Waals surface area contributed by atoms with Gasteiger partial charge in [-0.25, -0.2) is 0 Å². The average molecular weight is 283 g/mol. The van der Waals surface area contributed by atoms with Crippen molar-refractivity contribution in [2.75, 3.05) is 25.0 Å². The number of carbonyl (C=O) groups is 1. The van der Waals surface area contributed by atoms with E-state index >= 15 is 0 Å². The minimum absolute atomic E-state index is 0.0877. The zero-order chi connectivity index (χ0) is 15.0. The first kappa shape index (κ1) is 13.9. The van der Waals surface area contributed by atoms with Gasteiger partial charge in [-0.05, 0) is 37.5 Å². The topological polar surface area (TPSA) is 45.2 Å². The molecular weight excluding hydrogens is 262 g/mol. The zero-order valence-corrected chi connectivity index (χ0v) is 12.8. The minimum Gasteiger partial charge on any atom is -0.370 e. The first-order chi connectivity index (χ1) is 10.1. The van der Waals surface area contributed by atoms with E-state index in [-0.39, 0.29) is 11.8 Å². The van der Waals surface area contributed by atoms with Crippen molar-refractivity contribution in [3.63, 3.8) is 0 Å². The Labute approximate surface area is 125 Å². The third kappa shape index (κ3) is 2.35. The second kappa shape index (κ2) is 5.35. The van der Waals surface area contributed by atoms with Crippen LogP contribution in [0.4, 0.5) is 5.69 Å². The molecule has 0 saturated carbocycles. The minimum atomic E-state index is 0.0877. The van der Waals surface area contributed by atoms with Gasteiger partial charge in [0.2, 0.25) is 5.91 Å². The summed E-state index contributed by atoms with van der Waals surface area (Å²) < 4.78 is 0. The van der Waals surface area contributed by atoms with E-state index in [1.54, 1.807) is 7.05 Å². The lowest BCUT2D eigenvalue weighted by atomic mass is 10.0. The first-order valence-electron chi connectivity index (χ1n) is 7.43. The van der Waals surface area contributed by atoms with Crippen LogP contribution >= 0.6 is 0 Å². The summed E-state index contributed by atoms with van der Waals surface area (Å²) in [7, 11) is 1.71. The van der Waals surface area contributed by atoms with Gasteiger partial charge in [-0.15, -0.1) is 0 Å². The van der Waals surface area contributed by atoms with Gasteiger partial charge in [0.15, 0.2) is 0 Å². The first-order valence-corrected chi connectivity index (χ1v) is 7.43. The van der Waals surface area contributed by atoms with Gasteiger partial charge in [-0.1, -0.05) is 12.1 Å². The molecule has 2 heterocycles. The number of nitrogens with zero attached hydrogens (tertiary/aromatic N) is 2. The molecule has 0 radical (unpaired) electrons. The van der Waals surface area contributed by atoms with Gasteiger partial charge in [-0.2, -0.15) is 0 Å². The van der Waals surface area contributed by atoms with E-state index in [9.17, 15) is 4.79 Å². The third-order valence-corrected chi connectivity index (χ3v) is 4.56. The third-order valence-electron chi connectivity index (χ3n) is 4.56. The van der Waals surface area contributed by atoms with Crippen molar-refractivity contribution in [1.29, 1.82) is 0 Å². The highest BCUT2D eigenvalue weighted by molar-refractivity contribution is 5.94. The van der Waals surface area contributed by atoms with Crippen LogP contribution in [0.1, 0.15) is 17.5 Å². The summed E-state index contributed by atoms with van der Waals surface area (Å²) >= 11 is 0. The van der Waals surface area contributed by atoms with E-state index < -0.39 is 0 Å². The smallest absolute Gasteiger partial charge is 0.224 e. The lowest BCUT2D eigenvalue weighted by Crippen LogP contribution is -2.30. The van der Waals surface area contributed by atoms with Crippen molar-refractivity contribution in [3.8, 4) is 0 Å². The van der Waals surface area contributed by atoms with E-state index in [0.29, 0.717) is 0 Å². The largest absolute Gasteiger partial charge is 0.370 e. The molecule has 1 atom stereocenters. The number of hydrogen-bond donors (Lipinski definition) is 1. The molecule has 1 aromatic carbocycles. The van der Waals surface area contributed by atoms with Crippen molar-refractivity contribution in [2.45, 2.75) is 20.3 Å². The number of aryl methyl sites for hydroxylation is 2. The quantitative estimate of drug-likeness (QED) is 0.920. The number of nitrogens with one attached hydrogen (secondary N) is 1. The number of carbonyl (C=O) groups excluding carboxylic acids is 1. The standard InChI is InChI=1S/C17H21N3O/c1-11-4-5-14-15(6-8-19-16(14)12(11)2)20-9-7-13(10-20)17(21)18-3/h4-6,8,13H,7,9-10H2,1-3H3,(H,18,21). The lowest BCUT2D eigenvalue weighted by Gasteiger charge is -2.21. The molecule has 1 amide bonds. The SMILES string of the molecule is CNC(=O)C1CCN(c2ccnc3c(C)c(C)ccc23)C1. The molecule has 4 heteroatoms. The van der Waals surface area contributed by atoms with Crippen LogP contribution in [0.2, 0.25) is 0 Å². The molecule has 1 aromatic heterocycles. The number of amides is 1. The summed E-state index contributed by atoms with van der Waals surface area (Å²) in [4.78, 5) is 18.6. The van der Waals surface area contributed by atoms with E-state index in [4.69, 9.17) is 0 Å². The molecule has 21 heavy (non-hydrogen) atoms. The summed E-state index contributed by atoms with van der Waals surface area (Å²) in [5.41, 5.74) is 4.75. The number of rotatable bonds is 2. The van der Waals surface area contributed by atoms with Crippen LogP contribution < -0.4 is 10.2 Å². The lowest BCUT2D eigenvalue weighted by molar-refractivity contribution is -0.123. The normalized spacial score (nSPS) is 18.2. The summed E-state index contributed by atoms with van der Waals surface area (Å²) in [6.07, 6.45) is 2.78. The van der Waals surface area contributed by atoms with Crippen LogP contribution in [0.5, 0.6) is 0 Å². The molecule has 1 aliphatic heterocycles. The molecule has 110 valence electrons. The van der Waals surface area contributed by atoms with Crippen molar-refractivity contribution in [1.82, 2.24) is 10.3 Å². The fourth-order valence-corrected chi connectivity index (χ4v) is 3.12. The van der Waals surface area contributed by atoms with Gasteiger partial charge < -0.3 is 10.2 Å². The van der Waals surface area contributed by atoms with Crippen LogP contribution in [0.25, 0.3) is 10.9 Å². The van der Waals surface area contributed by atoms with Crippen LogP contribution in [0.15, 0.2) is 24.4 Å². The molecular formula is C17H21N3O. The summed E-state index contributed by atoms with van der Waals surface area (Å²) in [6.45, 7) is 5.93. The number of aromatic nitrogens is 1. The Hall–Kier alpha value is -2.10. The number of anilines is 1. The monoisotopic (exact) mass is 283 g/mol. The highest BCUT2D eigenvalue weighted by Gasteiger charge is 2.28. The predicted octanol–water partition coefficient (Wildman–Crippen LogP) is 2.42. The Morgan fingerprint density at radius 3 is 2.90 bits per heavy atom. The summed E-state index contributed by atoms with van der Waals surface area (Å²) in [5.74, 6) is 0.229. The maximum absolute atomic E-state index is 11.8. The van der Waals surface area contributed by atoms with Gasteiger partial charge in [0.25, 0.3) is 0 Å². The predicted molar refractivity (Wildman–Crippen MR) is 85.6 cm³/mol. The fraction of sp³-hybridized carbons (Fsp3) is 0.412. The molecule has 3 rings (SSSR count). The van der Waals surface area contributed by atoms with Gasteiger partial charge in [0.1, 0.15) is 0 Å². The van der Waals surface area contributed by atoms with Crippen LogP contribution in [0.3, 0.4) is 0 Å². The average Bonchev–Trinajstić information content (AvgIpc) is 2.99. The second-order valence-corrected chi connectivity index (χ2v) is 5.78. The number of benzene rings is 1. The van der Waals surface area contributed by atoms with E-state index in [1.807, 2.05) is 6.20 Å². The molecule has 1 N–H and O–H groups in total. The van der Waals surface area contributed by atoms with E-state index in [1.165, 1.54) is 22.2 Å². The maximum Gasteiger partial charge on any atom is 0.224 e. The molecule has 1 saturated heterocycles.